The second kappa shape index (κ2) is 8.91. The van der Waals surface area contributed by atoms with Gasteiger partial charge in [-0.2, -0.15) is 0 Å². The van der Waals surface area contributed by atoms with Crippen LogP contribution in [0.5, 0.6) is 11.5 Å². The van der Waals surface area contributed by atoms with Crippen LogP contribution in [0.3, 0.4) is 0 Å². The van der Waals surface area contributed by atoms with Gasteiger partial charge in [0.1, 0.15) is 29.1 Å². The summed E-state index contributed by atoms with van der Waals surface area (Å²) in [5.74, 6) is -2.52. The lowest BCUT2D eigenvalue weighted by atomic mass is 9.97. The van der Waals surface area contributed by atoms with Crippen molar-refractivity contribution in [1.82, 2.24) is 4.98 Å². The number of Topliss-reactive ketones (excluding diaryl/α,β-unsaturated/α-hetero) is 1. The Bertz CT molecular complexity index is 1280. The van der Waals surface area contributed by atoms with Crippen LogP contribution in [-0.2, 0) is 9.59 Å². The normalized spacial score (nSPS) is 17.3. The molecule has 2 heterocycles. The van der Waals surface area contributed by atoms with Gasteiger partial charge in [0.15, 0.2) is 0 Å². The molecule has 3 aromatic rings. The maximum Gasteiger partial charge on any atom is 0.300 e. The molecular weight excluding hydrogens is 451 g/mol. The van der Waals surface area contributed by atoms with Crippen LogP contribution in [-0.4, -0.2) is 36.0 Å². The number of ether oxygens (including phenoxy) is 2. The summed E-state index contributed by atoms with van der Waals surface area (Å²) >= 11 is 6.24. The van der Waals surface area contributed by atoms with Gasteiger partial charge in [-0.3, -0.25) is 19.5 Å². The number of carbonyl (C=O) groups is 2. The van der Waals surface area contributed by atoms with E-state index >= 15 is 0 Å². The summed E-state index contributed by atoms with van der Waals surface area (Å²) in [6.07, 6.45) is 1.49. The Morgan fingerprint density at radius 2 is 1.82 bits per heavy atom. The molecule has 0 bridgehead atoms. The van der Waals surface area contributed by atoms with Gasteiger partial charge in [0, 0.05) is 18.0 Å². The van der Waals surface area contributed by atoms with Crippen molar-refractivity contribution >= 4 is 34.7 Å². The zero-order valence-corrected chi connectivity index (χ0v) is 18.3. The van der Waals surface area contributed by atoms with Crippen LogP contribution in [0.15, 0.2) is 66.4 Å². The van der Waals surface area contributed by atoms with Gasteiger partial charge in [-0.15, -0.1) is 0 Å². The summed E-state index contributed by atoms with van der Waals surface area (Å²) in [5, 5.41) is 11.4. The number of ketones is 1. The first-order chi connectivity index (χ1) is 15.9. The summed E-state index contributed by atoms with van der Waals surface area (Å²) < 4.78 is 24.5. The molecule has 1 N–H and O–H groups in total. The Morgan fingerprint density at radius 3 is 2.45 bits per heavy atom. The largest absolute Gasteiger partial charge is 0.507 e. The summed E-state index contributed by atoms with van der Waals surface area (Å²) in [5.41, 5.74) is 0.302. The van der Waals surface area contributed by atoms with E-state index in [9.17, 15) is 19.1 Å². The minimum absolute atomic E-state index is 0.0847. The first-order valence-electron chi connectivity index (χ1n) is 9.76. The Hall–Kier alpha value is -3.91. The number of hydrogen-bond donors (Lipinski definition) is 1. The van der Waals surface area contributed by atoms with Gasteiger partial charge in [-0.05, 0) is 36.4 Å². The molecule has 2 aromatic carbocycles. The lowest BCUT2D eigenvalue weighted by Crippen LogP contribution is -2.29. The van der Waals surface area contributed by atoms with E-state index in [1.165, 1.54) is 50.7 Å². The molecule has 1 atom stereocenters. The van der Waals surface area contributed by atoms with E-state index in [0.29, 0.717) is 11.4 Å². The number of amides is 1. The fourth-order valence-electron chi connectivity index (χ4n) is 3.73. The second-order valence-corrected chi connectivity index (χ2v) is 7.50. The molecule has 0 radical (unpaired) electrons. The molecule has 168 valence electrons. The quantitative estimate of drug-likeness (QED) is 0.336. The molecule has 0 saturated carbocycles. The SMILES string of the molecule is COc1cc(OC)c(/C(O)=C2\C(=O)C(=O)N(c3cccc(F)c3)C2c2ccccn2)cc1Cl. The molecule has 9 heteroatoms. The second-order valence-electron chi connectivity index (χ2n) is 7.09. The third-order valence-electron chi connectivity index (χ3n) is 5.23. The van der Waals surface area contributed by atoms with Crippen LogP contribution < -0.4 is 14.4 Å². The molecule has 7 nitrogen and oxygen atoms in total. The van der Waals surface area contributed by atoms with Gasteiger partial charge in [0.2, 0.25) is 0 Å². The maximum atomic E-state index is 14.0. The summed E-state index contributed by atoms with van der Waals surface area (Å²) in [4.78, 5) is 31.6. The smallest absolute Gasteiger partial charge is 0.300 e. The number of methoxy groups -OCH3 is 2. The Morgan fingerprint density at radius 1 is 1.06 bits per heavy atom. The highest BCUT2D eigenvalue weighted by atomic mass is 35.5. The fraction of sp³-hybridized carbons (Fsp3) is 0.125. The molecule has 1 unspecified atom stereocenters. The highest BCUT2D eigenvalue weighted by Gasteiger charge is 2.48. The minimum Gasteiger partial charge on any atom is -0.507 e. The van der Waals surface area contributed by atoms with E-state index in [-0.39, 0.29) is 27.6 Å². The van der Waals surface area contributed by atoms with Gasteiger partial charge in [-0.1, -0.05) is 23.7 Å². The highest BCUT2D eigenvalue weighted by Crippen LogP contribution is 2.44. The molecule has 1 aliphatic heterocycles. The molecule has 1 aromatic heterocycles. The number of hydrogen-bond acceptors (Lipinski definition) is 6. The number of aliphatic hydroxyl groups is 1. The molecule has 1 saturated heterocycles. The number of halogens is 2. The van der Waals surface area contributed by atoms with E-state index in [0.717, 1.165) is 11.0 Å². The van der Waals surface area contributed by atoms with Crippen LogP contribution >= 0.6 is 11.6 Å². The molecule has 1 amide bonds. The number of carbonyl (C=O) groups excluding carboxylic acids is 2. The van der Waals surface area contributed by atoms with Crippen molar-refractivity contribution in [3.63, 3.8) is 0 Å². The molecule has 33 heavy (non-hydrogen) atoms. The van der Waals surface area contributed by atoms with Crippen molar-refractivity contribution in [3.05, 3.63) is 88.5 Å². The van der Waals surface area contributed by atoms with Crippen LogP contribution in [0.2, 0.25) is 5.02 Å². The van der Waals surface area contributed by atoms with Crippen molar-refractivity contribution in [2.45, 2.75) is 6.04 Å². The predicted octanol–water partition coefficient (Wildman–Crippen LogP) is 4.52. The van der Waals surface area contributed by atoms with E-state index in [1.54, 1.807) is 18.2 Å². The van der Waals surface area contributed by atoms with Gasteiger partial charge in [0.05, 0.1) is 36.1 Å². The van der Waals surface area contributed by atoms with Crippen LogP contribution in [0, 0.1) is 5.82 Å². The first-order valence-corrected chi connectivity index (χ1v) is 10.1. The molecule has 4 rings (SSSR count). The Labute approximate surface area is 193 Å². The zero-order valence-electron chi connectivity index (χ0n) is 17.6. The third-order valence-corrected chi connectivity index (χ3v) is 5.52. The number of rotatable bonds is 5. The third kappa shape index (κ3) is 3.89. The molecule has 0 spiro atoms. The van der Waals surface area contributed by atoms with Crippen molar-refractivity contribution < 1.29 is 28.6 Å². The zero-order chi connectivity index (χ0) is 23.7. The number of aliphatic hydroxyl groups excluding tert-OH is 1. The van der Waals surface area contributed by atoms with Gasteiger partial charge in [0.25, 0.3) is 11.7 Å². The molecule has 1 fully saturated rings. The van der Waals surface area contributed by atoms with Crippen LogP contribution in [0.25, 0.3) is 5.76 Å². The average Bonchev–Trinajstić information content (AvgIpc) is 3.09. The highest BCUT2D eigenvalue weighted by molar-refractivity contribution is 6.51. The topological polar surface area (TPSA) is 89.0 Å². The monoisotopic (exact) mass is 468 g/mol. The first kappa shape index (κ1) is 22.3. The van der Waals surface area contributed by atoms with Gasteiger partial charge < -0.3 is 14.6 Å². The van der Waals surface area contributed by atoms with Crippen molar-refractivity contribution in [2.75, 3.05) is 19.1 Å². The number of pyridine rings is 1. The standard InChI is InChI=1S/C24H18ClFN2O5/c1-32-18-12-19(33-2)16(25)11-15(18)22(29)20-21(17-8-3-4-9-27-17)28(24(31)23(20)30)14-7-5-6-13(26)10-14/h3-12,21,29H,1-2H3/b22-20+. The van der Waals surface area contributed by atoms with Crippen molar-refractivity contribution in [3.8, 4) is 11.5 Å². The lowest BCUT2D eigenvalue weighted by molar-refractivity contribution is -0.132. The Balaban J connectivity index is 1.98. The van der Waals surface area contributed by atoms with Crippen LogP contribution in [0.1, 0.15) is 17.3 Å². The number of anilines is 1. The van der Waals surface area contributed by atoms with E-state index in [2.05, 4.69) is 4.98 Å². The Kier molecular flexibility index (Phi) is 6.02. The maximum absolute atomic E-state index is 14.0. The number of benzene rings is 2. The summed E-state index contributed by atoms with van der Waals surface area (Å²) in [7, 11) is 2.80. The van der Waals surface area contributed by atoms with E-state index < -0.39 is 29.3 Å². The van der Waals surface area contributed by atoms with Crippen molar-refractivity contribution in [2.24, 2.45) is 0 Å². The van der Waals surface area contributed by atoms with Crippen LogP contribution in [0.4, 0.5) is 10.1 Å². The van der Waals surface area contributed by atoms with Gasteiger partial charge >= 0.3 is 0 Å². The number of aromatic nitrogens is 1. The average molecular weight is 469 g/mol. The molecule has 1 aliphatic rings. The summed E-state index contributed by atoms with van der Waals surface area (Å²) in [6.45, 7) is 0. The fourth-order valence-corrected chi connectivity index (χ4v) is 3.97. The summed E-state index contributed by atoms with van der Waals surface area (Å²) in [6, 6.07) is 11.9. The molecular formula is C24H18ClFN2O5. The van der Waals surface area contributed by atoms with Crippen molar-refractivity contribution in [1.29, 1.82) is 0 Å². The van der Waals surface area contributed by atoms with E-state index in [1.807, 2.05) is 0 Å². The van der Waals surface area contributed by atoms with E-state index in [4.69, 9.17) is 21.1 Å². The molecule has 0 aliphatic carbocycles. The number of nitrogens with zero attached hydrogens (tertiary/aromatic N) is 2. The predicted molar refractivity (Wildman–Crippen MR) is 120 cm³/mol. The van der Waals surface area contributed by atoms with Gasteiger partial charge in [-0.25, -0.2) is 4.39 Å². The minimum atomic E-state index is -1.11. The lowest BCUT2D eigenvalue weighted by Gasteiger charge is -2.24.